The van der Waals surface area contributed by atoms with Gasteiger partial charge in [-0.05, 0) is 74.6 Å². The van der Waals surface area contributed by atoms with E-state index in [0.717, 1.165) is 67.0 Å². The molecule has 0 bridgehead atoms. The van der Waals surface area contributed by atoms with Crippen LogP contribution in [0.4, 0.5) is 18.9 Å². The van der Waals surface area contributed by atoms with E-state index in [1.807, 2.05) is 31.2 Å². The molecule has 1 atom stereocenters. The predicted molar refractivity (Wildman–Crippen MR) is 168 cm³/mol. The molecule has 1 aliphatic rings. The summed E-state index contributed by atoms with van der Waals surface area (Å²) in [6.45, 7) is 4.63. The number of alkyl halides is 3. The Morgan fingerprint density at radius 1 is 0.933 bits per heavy atom. The van der Waals surface area contributed by atoms with E-state index < -0.39 is 40.3 Å². The number of halogens is 3. The number of hydrogen-bond acceptors (Lipinski definition) is 4. The van der Waals surface area contributed by atoms with Crippen molar-refractivity contribution in [1.82, 2.24) is 10.2 Å². The summed E-state index contributed by atoms with van der Waals surface area (Å²) in [5.74, 6) is -1.05. The summed E-state index contributed by atoms with van der Waals surface area (Å²) >= 11 is 0. The molecule has 3 aromatic carbocycles. The minimum absolute atomic E-state index is 0.0146. The molecule has 1 unspecified atom stereocenters. The summed E-state index contributed by atoms with van der Waals surface area (Å²) in [4.78, 5) is 29.1. The van der Waals surface area contributed by atoms with Crippen LogP contribution in [0.3, 0.4) is 0 Å². The van der Waals surface area contributed by atoms with Crippen LogP contribution in [-0.4, -0.2) is 43.8 Å². The Hall–Kier alpha value is -3.86. The summed E-state index contributed by atoms with van der Waals surface area (Å²) in [6, 6.07) is 16.2. The number of benzene rings is 3. The average Bonchev–Trinajstić information content (AvgIpc) is 3.01. The van der Waals surface area contributed by atoms with Gasteiger partial charge in [0.15, 0.2) is 0 Å². The highest BCUT2D eigenvalue weighted by Crippen LogP contribution is 2.33. The van der Waals surface area contributed by atoms with Crippen LogP contribution < -0.4 is 9.62 Å². The first-order valence-electron chi connectivity index (χ1n) is 15.2. The van der Waals surface area contributed by atoms with Crippen molar-refractivity contribution >= 4 is 27.5 Å². The molecule has 242 valence electrons. The number of sulfonamides is 1. The van der Waals surface area contributed by atoms with Gasteiger partial charge >= 0.3 is 6.18 Å². The second kappa shape index (κ2) is 14.5. The molecule has 11 heteroatoms. The van der Waals surface area contributed by atoms with Gasteiger partial charge in [0.1, 0.15) is 12.6 Å². The Morgan fingerprint density at radius 2 is 1.60 bits per heavy atom. The quantitative estimate of drug-likeness (QED) is 0.250. The largest absolute Gasteiger partial charge is 0.416 e. The number of rotatable bonds is 11. The second-order valence-corrected chi connectivity index (χ2v) is 13.5. The van der Waals surface area contributed by atoms with Crippen molar-refractivity contribution in [3.63, 3.8) is 0 Å². The number of hydrogen-bond donors (Lipinski definition) is 1. The first-order chi connectivity index (χ1) is 21.3. The van der Waals surface area contributed by atoms with E-state index in [2.05, 4.69) is 5.32 Å². The van der Waals surface area contributed by atoms with Crippen LogP contribution >= 0.6 is 0 Å². The van der Waals surface area contributed by atoms with Gasteiger partial charge in [-0.2, -0.15) is 13.2 Å². The summed E-state index contributed by atoms with van der Waals surface area (Å²) < 4.78 is 69.8. The van der Waals surface area contributed by atoms with Crippen molar-refractivity contribution in [2.75, 3.05) is 10.8 Å². The fourth-order valence-electron chi connectivity index (χ4n) is 5.64. The van der Waals surface area contributed by atoms with Gasteiger partial charge in [-0.1, -0.05) is 74.2 Å². The predicted octanol–water partition coefficient (Wildman–Crippen LogP) is 6.77. The number of nitrogens with zero attached hydrogens (tertiary/aromatic N) is 2. The third-order valence-corrected chi connectivity index (χ3v) is 10.1. The van der Waals surface area contributed by atoms with Crippen molar-refractivity contribution in [1.29, 1.82) is 0 Å². The van der Waals surface area contributed by atoms with Crippen LogP contribution in [0.5, 0.6) is 0 Å². The fourth-order valence-corrected chi connectivity index (χ4v) is 7.04. The molecule has 0 heterocycles. The standard InChI is InChI=1S/C34H40F3N3O4S/c1-4-31(33(42)38-28-14-6-5-7-15-28)39(22-26-12-9-8-11-25(26)3)32(41)23-40(29-16-10-13-27(21-29)34(35,36)37)45(43,44)30-19-17-24(2)18-20-30/h8-13,16-21,28,31H,4-7,14-15,22-23H2,1-3H3,(H,38,42). The first-order valence-corrected chi connectivity index (χ1v) is 16.7. The lowest BCUT2D eigenvalue weighted by atomic mass is 9.95. The van der Waals surface area contributed by atoms with Crippen LogP contribution in [0.25, 0.3) is 0 Å². The zero-order chi connectivity index (χ0) is 32.8. The highest BCUT2D eigenvalue weighted by atomic mass is 32.2. The number of aryl methyl sites for hydroxylation is 2. The normalized spacial score (nSPS) is 14.9. The van der Waals surface area contributed by atoms with E-state index in [-0.39, 0.29) is 35.5 Å². The maximum Gasteiger partial charge on any atom is 0.416 e. The minimum atomic E-state index is -4.74. The number of anilines is 1. The molecule has 0 saturated heterocycles. The Labute approximate surface area is 263 Å². The van der Waals surface area contributed by atoms with E-state index in [1.165, 1.54) is 23.1 Å². The summed E-state index contributed by atoms with van der Waals surface area (Å²) in [5, 5.41) is 3.09. The molecule has 0 aliphatic heterocycles. The molecule has 1 saturated carbocycles. The Bertz CT molecular complexity index is 1590. The van der Waals surface area contributed by atoms with Crippen LogP contribution in [0, 0.1) is 13.8 Å². The molecule has 0 aromatic heterocycles. The molecule has 3 aromatic rings. The van der Waals surface area contributed by atoms with E-state index >= 15 is 0 Å². The third-order valence-electron chi connectivity index (χ3n) is 8.29. The van der Waals surface area contributed by atoms with E-state index in [4.69, 9.17) is 0 Å². The lowest BCUT2D eigenvalue weighted by molar-refractivity contribution is -0.140. The third kappa shape index (κ3) is 8.45. The van der Waals surface area contributed by atoms with Crippen molar-refractivity contribution < 1.29 is 31.2 Å². The lowest BCUT2D eigenvalue weighted by Gasteiger charge is -2.35. The summed E-state index contributed by atoms with van der Waals surface area (Å²) in [5.41, 5.74) is 1.07. The molecule has 7 nitrogen and oxygen atoms in total. The maximum atomic E-state index is 14.3. The number of amides is 2. The molecule has 2 amide bonds. The summed E-state index contributed by atoms with van der Waals surface area (Å²) in [7, 11) is -4.50. The topological polar surface area (TPSA) is 86.8 Å². The van der Waals surface area contributed by atoms with E-state index in [1.54, 1.807) is 26.0 Å². The zero-order valence-electron chi connectivity index (χ0n) is 25.8. The van der Waals surface area contributed by atoms with Gasteiger partial charge in [-0.25, -0.2) is 8.42 Å². The van der Waals surface area contributed by atoms with Gasteiger partial charge in [-0.15, -0.1) is 0 Å². The second-order valence-electron chi connectivity index (χ2n) is 11.6. The Balaban J connectivity index is 1.76. The molecule has 0 spiro atoms. The molecular formula is C34H40F3N3O4S. The van der Waals surface area contributed by atoms with Crippen molar-refractivity contribution in [2.24, 2.45) is 0 Å². The molecule has 0 radical (unpaired) electrons. The first kappa shape index (κ1) is 34.0. The molecule has 4 rings (SSSR count). The summed E-state index contributed by atoms with van der Waals surface area (Å²) in [6.07, 6.45) is 0.290. The van der Waals surface area contributed by atoms with Crippen LogP contribution in [0.15, 0.2) is 77.7 Å². The van der Waals surface area contributed by atoms with Gasteiger partial charge < -0.3 is 10.2 Å². The van der Waals surface area contributed by atoms with Gasteiger partial charge in [0.25, 0.3) is 10.0 Å². The van der Waals surface area contributed by atoms with Crippen LogP contribution in [0.1, 0.15) is 67.7 Å². The van der Waals surface area contributed by atoms with Gasteiger partial charge in [-0.3, -0.25) is 13.9 Å². The van der Waals surface area contributed by atoms with Gasteiger partial charge in [0, 0.05) is 12.6 Å². The van der Waals surface area contributed by atoms with Crippen LogP contribution in [-0.2, 0) is 32.3 Å². The fraction of sp³-hybridized carbons (Fsp3) is 0.412. The highest BCUT2D eigenvalue weighted by Gasteiger charge is 2.36. The molecule has 1 fully saturated rings. The average molecular weight is 644 g/mol. The minimum Gasteiger partial charge on any atom is -0.352 e. The Morgan fingerprint density at radius 3 is 2.22 bits per heavy atom. The number of nitrogens with one attached hydrogen (secondary N) is 1. The Kier molecular flexibility index (Phi) is 11.0. The van der Waals surface area contributed by atoms with Crippen LogP contribution in [0.2, 0.25) is 0 Å². The van der Waals surface area contributed by atoms with Crippen molar-refractivity contribution in [3.05, 3.63) is 95.1 Å². The van der Waals surface area contributed by atoms with E-state index in [0.29, 0.717) is 4.31 Å². The van der Waals surface area contributed by atoms with Crippen molar-refractivity contribution in [3.8, 4) is 0 Å². The highest BCUT2D eigenvalue weighted by molar-refractivity contribution is 7.92. The molecular weight excluding hydrogens is 603 g/mol. The number of carbonyl (C=O) groups excluding carboxylic acids is 2. The van der Waals surface area contributed by atoms with Gasteiger partial charge in [0.2, 0.25) is 11.8 Å². The zero-order valence-corrected chi connectivity index (χ0v) is 26.6. The molecule has 45 heavy (non-hydrogen) atoms. The van der Waals surface area contributed by atoms with Gasteiger partial charge in [0.05, 0.1) is 16.1 Å². The number of carbonyl (C=O) groups is 2. The SMILES string of the molecule is CCC(C(=O)NC1CCCCC1)N(Cc1ccccc1C)C(=O)CN(c1cccc(C(F)(F)F)c1)S(=O)(=O)c1ccc(C)cc1. The van der Waals surface area contributed by atoms with E-state index in [9.17, 15) is 31.2 Å². The lowest BCUT2D eigenvalue weighted by Crippen LogP contribution is -2.54. The molecule has 1 aliphatic carbocycles. The smallest absolute Gasteiger partial charge is 0.352 e. The maximum absolute atomic E-state index is 14.3. The van der Waals surface area contributed by atoms with Crippen molar-refractivity contribution in [2.45, 2.75) is 89.0 Å². The monoisotopic (exact) mass is 643 g/mol. The molecule has 1 N–H and O–H groups in total.